The number of methoxy groups -OCH3 is 1. The van der Waals surface area contributed by atoms with Crippen LogP contribution < -0.4 is 14.8 Å². The lowest BCUT2D eigenvalue weighted by Crippen LogP contribution is -2.66. The van der Waals surface area contributed by atoms with Gasteiger partial charge in [-0.3, -0.25) is 4.90 Å². The molecule has 0 radical (unpaired) electrons. The Bertz CT molecular complexity index is 1150. The molecule has 2 fully saturated rings. The van der Waals surface area contributed by atoms with Gasteiger partial charge in [0, 0.05) is 47.8 Å². The van der Waals surface area contributed by atoms with Crippen molar-refractivity contribution in [2.75, 3.05) is 51.9 Å². The van der Waals surface area contributed by atoms with Gasteiger partial charge < -0.3 is 19.5 Å². The van der Waals surface area contributed by atoms with E-state index in [1.165, 1.54) is 6.33 Å². The van der Waals surface area contributed by atoms with E-state index in [0.29, 0.717) is 29.3 Å². The van der Waals surface area contributed by atoms with Crippen LogP contribution in [0.3, 0.4) is 0 Å². The Kier molecular flexibility index (Phi) is 5.10. The van der Waals surface area contributed by atoms with Gasteiger partial charge in [-0.25, -0.2) is 9.97 Å². The Labute approximate surface area is 181 Å². The summed E-state index contributed by atoms with van der Waals surface area (Å²) in [5.74, 6) is 4.66. The molecule has 0 amide bonds. The van der Waals surface area contributed by atoms with E-state index >= 15 is 0 Å². The van der Waals surface area contributed by atoms with E-state index in [0.717, 1.165) is 55.0 Å². The Balaban J connectivity index is 1.34. The molecule has 1 aromatic heterocycles. The third-order valence-corrected chi connectivity index (χ3v) is 5.81. The van der Waals surface area contributed by atoms with Crippen molar-refractivity contribution >= 4 is 22.4 Å². The zero-order valence-electron chi connectivity index (χ0n) is 17.4. The number of rotatable bonds is 7. The average molecular weight is 416 g/mol. The molecule has 0 aliphatic carbocycles. The molecule has 0 atom stereocenters. The van der Waals surface area contributed by atoms with Gasteiger partial charge in [-0.05, 0) is 24.3 Å². The highest BCUT2D eigenvalue weighted by Gasteiger charge is 2.48. The highest BCUT2D eigenvalue weighted by Crippen LogP contribution is 2.38. The van der Waals surface area contributed by atoms with Gasteiger partial charge in [0.1, 0.15) is 18.8 Å². The highest BCUT2D eigenvalue weighted by molar-refractivity contribution is 5.93. The van der Waals surface area contributed by atoms with Crippen LogP contribution in [0.5, 0.6) is 11.5 Å². The third kappa shape index (κ3) is 3.88. The quantitative estimate of drug-likeness (QED) is 0.594. The lowest BCUT2D eigenvalue weighted by molar-refractivity contribution is -0.189. The summed E-state index contributed by atoms with van der Waals surface area (Å²) in [5.41, 5.74) is 2.84. The number of fused-ring (bicyclic) bond motifs is 1. The van der Waals surface area contributed by atoms with Crippen LogP contribution in [-0.2, 0) is 4.74 Å². The topological polar surface area (TPSA) is 68.7 Å². The molecule has 1 N–H and O–H groups in total. The number of likely N-dealkylation sites (tertiary alicyclic amines) is 1. The van der Waals surface area contributed by atoms with Crippen molar-refractivity contribution in [3.63, 3.8) is 0 Å². The standard InChI is InChI=1S/C24H24N4O3/c1-3-17-5-4-6-18(9-17)27-23-19-10-22(21(29-2)11-20(19)25-16-26-23)31-8-7-28-12-24(13-28)14-30-15-24/h1,4-6,9-11,16H,7-8,12-15H2,2H3,(H,25,26,27). The van der Waals surface area contributed by atoms with Gasteiger partial charge in [-0.15, -0.1) is 6.42 Å². The Hall–Kier alpha value is -3.34. The first-order chi connectivity index (χ1) is 15.2. The Morgan fingerprint density at radius 2 is 2.06 bits per heavy atom. The van der Waals surface area contributed by atoms with Gasteiger partial charge in [0.05, 0.1) is 25.8 Å². The van der Waals surface area contributed by atoms with Crippen molar-refractivity contribution in [3.8, 4) is 23.8 Å². The predicted octanol–water partition coefficient (Wildman–Crippen LogP) is 3.07. The maximum Gasteiger partial charge on any atom is 0.162 e. The Morgan fingerprint density at radius 3 is 2.81 bits per heavy atom. The molecular formula is C24H24N4O3. The zero-order chi connectivity index (χ0) is 21.3. The number of ether oxygens (including phenoxy) is 3. The second-order valence-electron chi connectivity index (χ2n) is 8.14. The van der Waals surface area contributed by atoms with Crippen LogP contribution in [-0.4, -0.2) is 61.4 Å². The summed E-state index contributed by atoms with van der Waals surface area (Å²) in [4.78, 5) is 11.2. The van der Waals surface area contributed by atoms with Gasteiger partial charge >= 0.3 is 0 Å². The highest BCUT2D eigenvalue weighted by atomic mass is 16.5. The molecule has 31 heavy (non-hydrogen) atoms. The summed E-state index contributed by atoms with van der Waals surface area (Å²) in [5, 5.41) is 4.18. The SMILES string of the molecule is C#Cc1cccc(Nc2ncnc3cc(OC)c(OCCN4CC5(COC5)C4)cc23)c1. The normalized spacial score (nSPS) is 16.9. The van der Waals surface area contributed by atoms with Gasteiger partial charge in [0.25, 0.3) is 0 Å². The molecule has 2 aliphatic heterocycles. The second-order valence-corrected chi connectivity index (χ2v) is 8.14. The van der Waals surface area contributed by atoms with Crippen LogP contribution >= 0.6 is 0 Å². The van der Waals surface area contributed by atoms with E-state index in [-0.39, 0.29) is 0 Å². The van der Waals surface area contributed by atoms with Crippen molar-refractivity contribution in [2.45, 2.75) is 0 Å². The monoisotopic (exact) mass is 416 g/mol. The van der Waals surface area contributed by atoms with Gasteiger partial charge in [0.15, 0.2) is 11.5 Å². The van der Waals surface area contributed by atoms with E-state index in [2.05, 4.69) is 26.1 Å². The summed E-state index contributed by atoms with van der Waals surface area (Å²) < 4.78 is 17.0. The van der Waals surface area contributed by atoms with Gasteiger partial charge in [-0.2, -0.15) is 0 Å². The fourth-order valence-electron chi connectivity index (χ4n) is 4.18. The molecule has 3 heterocycles. The molecule has 0 saturated carbocycles. The lowest BCUT2D eigenvalue weighted by Gasteiger charge is -2.55. The van der Waals surface area contributed by atoms with Crippen LogP contribution in [0.2, 0.25) is 0 Å². The molecular weight excluding hydrogens is 392 g/mol. The number of aromatic nitrogens is 2. The second kappa shape index (κ2) is 8.06. The van der Waals surface area contributed by atoms with Crippen molar-refractivity contribution in [1.82, 2.24) is 14.9 Å². The van der Waals surface area contributed by atoms with E-state index in [1.54, 1.807) is 7.11 Å². The summed E-state index contributed by atoms with van der Waals surface area (Å²) >= 11 is 0. The van der Waals surface area contributed by atoms with Crippen molar-refractivity contribution in [1.29, 1.82) is 0 Å². The first-order valence-electron chi connectivity index (χ1n) is 10.3. The summed E-state index contributed by atoms with van der Waals surface area (Å²) in [6, 6.07) is 11.5. The number of benzene rings is 2. The molecule has 1 spiro atoms. The van der Waals surface area contributed by atoms with Crippen molar-refractivity contribution in [3.05, 3.63) is 48.3 Å². The number of terminal acetylenes is 1. The molecule has 5 rings (SSSR count). The van der Waals surface area contributed by atoms with Crippen LogP contribution in [0, 0.1) is 17.8 Å². The number of hydrogen-bond donors (Lipinski definition) is 1. The summed E-state index contributed by atoms with van der Waals surface area (Å²) in [6.07, 6.45) is 7.05. The lowest BCUT2D eigenvalue weighted by atomic mass is 9.78. The fraction of sp³-hybridized carbons (Fsp3) is 0.333. The number of nitrogens with zero attached hydrogens (tertiary/aromatic N) is 3. The molecule has 2 aromatic carbocycles. The number of anilines is 2. The van der Waals surface area contributed by atoms with Crippen LogP contribution in [0.4, 0.5) is 11.5 Å². The molecule has 158 valence electrons. The Morgan fingerprint density at radius 1 is 1.19 bits per heavy atom. The maximum atomic E-state index is 6.10. The minimum Gasteiger partial charge on any atom is -0.493 e. The van der Waals surface area contributed by atoms with E-state index in [4.69, 9.17) is 20.6 Å². The smallest absolute Gasteiger partial charge is 0.162 e. The third-order valence-electron chi connectivity index (χ3n) is 5.81. The number of nitrogens with one attached hydrogen (secondary N) is 1. The summed E-state index contributed by atoms with van der Waals surface area (Å²) in [7, 11) is 1.63. The fourth-order valence-corrected chi connectivity index (χ4v) is 4.18. The van der Waals surface area contributed by atoms with Crippen molar-refractivity contribution in [2.24, 2.45) is 5.41 Å². The average Bonchev–Trinajstić information content (AvgIpc) is 2.74. The van der Waals surface area contributed by atoms with E-state index in [1.807, 2.05) is 36.4 Å². The molecule has 3 aromatic rings. The van der Waals surface area contributed by atoms with Crippen molar-refractivity contribution < 1.29 is 14.2 Å². The maximum absolute atomic E-state index is 6.10. The molecule has 2 aliphatic rings. The van der Waals surface area contributed by atoms with Gasteiger partial charge in [0.2, 0.25) is 0 Å². The first-order valence-corrected chi connectivity index (χ1v) is 10.3. The van der Waals surface area contributed by atoms with Crippen LogP contribution in [0.1, 0.15) is 5.56 Å². The largest absolute Gasteiger partial charge is 0.493 e. The number of hydrogen-bond acceptors (Lipinski definition) is 7. The minimum absolute atomic E-state index is 0.412. The predicted molar refractivity (Wildman–Crippen MR) is 119 cm³/mol. The van der Waals surface area contributed by atoms with Gasteiger partial charge in [-0.1, -0.05) is 12.0 Å². The van der Waals surface area contributed by atoms with Crippen LogP contribution in [0.25, 0.3) is 10.9 Å². The van der Waals surface area contributed by atoms with E-state index < -0.39 is 0 Å². The molecule has 7 nitrogen and oxygen atoms in total. The molecule has 0 bridgehead atoms. The van der Waals surface area contributed by atoms with E-state index in [9.17, 15) is 0 Å². The molecule has 0 unspecified atom stereocenters. The zero-order valence-corrected chi connectivity index (χ0v) is 17.4. The summed E-state index contributed by atoms with van der Waals surface area (Å²) in [6.45, 7) is 5.41. The molecule has 7 heteroatoms. The first kappa shape index (κ1) is 19.6. The van der Waals surface area contributed by atoms with Crippen LogP contribution in [0.15, 0.2) is 42.7 Å². The molecule has 2 saturated heterocycles. The minimum atomic E-state index is 0.412.